The third kappa shape index (κ3) is 10.3. The van der Waals surface area contributed by atoms with Crippen LogP contribution in [0.25, 0.3) is 23.1 Å². The third-order valence-corrected chi connectivity index (χ3v) is 6.11. The van der Waals surface area contributed by atoms with E-state index in [4.69, 9.17) is 24.3 Å². The molecular formula is C26H26F6N8O5. The van der Waals surface area contributed by atoms with Crippen molar-refractivity contribution in [3.05, 3.63) is 60.0 Å². The number of nitrogens with zero attached hydrogens (tertiary/aromatic N) is 6. The number of rotatable bonds is 5. The zero-order valence-corrected chi connectivity index (χ0v) is 23.6. The first-order valence-corrected chi connectivity index (χ1v) is 13.0. The van der Waals surface area contributed by atoms with Crippen LogP contribution in [0, 0.1) is 6.92 Å². The number of benzene rings is 1. The largest absolute Gasteiger partial charge is 0.542 e. The molecule has 0 unspecified atom stereocenters. The number of carboxylic acids is 2. The van der Waals surface area contributed by atoms with Gasteiger partial charge in [0.25, 0.3) is 11.7 Å². The minimum atomic E-state index is -5.19. The van der Waals surface area contributed by atoms with Crippen molar-refractivity contribution in [2.45, 2.75) is 25.8 Å². The molecule has 5 rings (SSSR count). The summed E-state index contributed by atoms with van der Waals surface area (Å²) in [5.74, 6) is -2.78. The molecule has 1 aliphatic rings. The van der Waals surface area contributed by atoms with Crippen LogP contribution in [-0.4, -0.2) is 82.4 Å². The van der Waals surface area contributed by atoms with E-state index in [0.29, 0.717) is 24.1 Å². The minimum Gasteiger partial charge on any atom is -0.542 e. The standard InChI is InChI=1S/C22H24N8O.2C2HF3O2/c1-16-24-21(22-25-20(27-31-22)18-6-4-3-5-7-18)26-30(16)15-17-8-9-23-19(14-17)29-12-10-28(2)11-13-29;2*3-2(4,5)1(6)7/h3-9,14H,10-13,15H2,1-2H3;2*(H,6,7). The molecule has 1 saturated heterocycles. The molecule has 0 saturated carbocycles. The van der Waals surface area contributed by atoms with Crippen LogP contribution in [0.4, 0.5) is 32.2 Å². The molecule has 4 heterocycles. The smallest absolute Gasteiger partial charge is 0.430 e. The molecule has 0 radical (unpaired) electrons. The number of aliphatic carboxylic acids is 2. The highest BCUT2D eigenvalue weighted by Crippen LogP contribution is 2.20. The van der Waals surface area contributed by atoms with Gasteiger partial charge in [-0.05, 0) is 18.6 Å². The molecule has 0 aliphatic carbocycles. The quantitative estimate of drug-likeness (QED) is 0.269. The van der Waals surface area contributed by atoms with E-state index >= 15 is 0 Å². The lowest BCUT2D eigenvalue weighted by molar-refractivity contribution is -0.880. The number of anilines is 1. The number of piperazine rings is 1. The summed E-state index contributed by atoms with van der Waals surface area (Å²) >= 11 is 0. The van der Waals surface area contributed by atoms with Gasteiger partial charge in [0.15, 0.2) is 0 Å². The highest BCUT2D eigenvalue weighted by molar-refractivity contribution is 5.71. The molecule has 0 bridgehead atoms. The van der Waals surface area contributed by atoms with Crippen LogP contribution in [0.2, 0.25) is 0 Å². The van der Waals surface area contributed by atoms with E-state index in [1.807, 2.05) is 48.1 Å². The number of carboxylic acid groups (broad SMARTS) is 2. The number of carbonyl (C=O) groups excluding carboxylic acids is 2. The van der Waals surface area contributed by atoms with E-state index in [2.05, 4.69) is 49.3 Å². The first-order valence-electron chi connectivity index (χ1n) is 13.0. The molecule has 19 heteroatoms. The number of pyridine rings is 1. The lowest BCUT2D eigenvalue weighted by atomic mass is 10.2. The number of hydrogen-bond acceptors (Lipinski definition) is 10. The topological polar surface area (TPSA) is 172 Å². The van der Waals surface area contributed by atoms with Gasteiger partial charge in [0.05, 0.1) is 19.8 Å². The van der Waals surface area contributed by atoms with E-state index in [9.17, 15) is 26.3 Å². The number of aryl methyl sites for hydroxylation is 1. The Morgan fingerprint density at radius 3 is 2.09 bits per heavy atom. The van der Waals surface area contributed by atoms with Gasteiger partial charge in [0.1, 0.15) is 43.9 Å². The van der Waals surface area contributed by atoms with E-state index in [1.54, 1.807) is 4.90 Å². The molecule has 1 fully saturated rings. The summed E-state index contributed by atoms with van der Waals surface area (Å²) < 4.78 is 70.4. The second-order valence-electron chi connectivity index (χ2n) is 9.53. The summed E-state index contributed by atoms with van der Waals surface area (Å²) in [6.07, 6.45) is -8.40. The van der Waals surface area contributed by atoms with Gasteiger partial charge in [0, 0.05) is 11.6 Å². The molecule has 0 amide bonds. The fourth-order valence-corrected chi connectivity index (χ4v) is 3.76. The van der Waals surface area contributed by atoms with Crippen molar-refractivity contribution in [3.8, 4) is 23.1 Å². The van der Waals surface area contributed by atoms with E-state index < -0.39 is 24.3 Å². The maximum absolute atomic E-state index is 10.5. The zero-order valence-electron chi connectivity index (χ0n) is 23.6. The van der Waals surface area contributed by atoms with Crippen molar-refractivity contribution in [2.24, 2.45) is 0 Å². The lowest BCUT2D eigenvalue weighted by Gasteiger charge is -2.25. The number of alkyl halides is 6. The summed E-state index contributed by atoms with van der Waals surface area (Å²) in [6.45, 7) is 6.97. The first-order chi connectivity index (χ1) is 21.0. The Labute approximate surface area is 250 Å². The summed E-state index contributed by atoms with van der Waals surface area (Å²) in [7, 11) is 2.24. The number of carbonyl (C=O) groups is 2. The molecule has 0 spiro atoms. The summed E-state index contributed by atoms with van der Waals surface area (Å²) in [5, 5.41) is 26.3. The number of halogens is 6. The number of quaternary nitrogens is 1. The van der Waals surface area contributed by atoms with Crippen LogP contribution in [-0.2, 0) is 16.1 Å². The Hall–Kier alpha value is -5.07. The van der Waals surface area contributed by atoms with Gasteiger partial charge in [-0.1, -0.05) is 35.5 Å². The van der Waals surface area contributed by atoms with Gasteiger partial charge in [-0.15, -0.1) is 5.10 Å². The number of likely N-dealkylation sites (N-methyl/N-ethyl adjacent to an activating group) is 1. The number of aromatic amines is 1. The number of H-pyrrole nitrogens is 1. The molecule has 0 atom stereocenters. The second kappa shape index (κ2) is 14.6. The zero-order chi connectivity index (χ0) is 33.4. The molecule has 13 nitrogen and oxygen atoms in total. The van der Waals surface area contributed by atoms with Crippen molar-refractivity contribution < 1.29 is 60.6 Å². The number of nitrogens with one attached hydrogen (secondary N) is 2. The van der Waals surface area contributed by atoms with Gasteiger partial charge in [0.2, 0.25) is 11.6 Å². The molecule has 4 aromatic rings. The molecule has 45 heavy (non-hydrogen) atoms. The van der Waals surface area contributed by atoms with Crippen LogP contribution in [0.5, 0.6) is 0 Å². The average Bonchev–Trinajstić information content (AvgIpc) is 3.61. The van der Waals surface area contributed by atoms with Gasteiger partial charge >= 0.3 is 12.4 Å². The van der Waals surface area contributed by atoms with Crippen LogP contribution in [0.15, 0.2) is 53.2 Å². The van der Waals surface area contributed by atoms with Crippen molar-refractivity contribution in [1.82, 2.24) is 24.9 Å². The van der Waals surface area contributed by atoms with Gasteiger partial charge in [-0.2, -0.15) is 31.3 Å². The molecule has 242 valence electrons. The first kappa shape index (κ1) is 34.4. The van der Waals surface area contributed by atoms with Crippen LogP contribution in [0.1, 0.15) is 11.4 Å². The fourth-order valence-electron chi connectivity index (χ4n) is 3.76. The van der Waals surface area contributed by atoms with Crippen molar-refractivity contribution in [2.75, 3.05) is 38.1 Å². The SMILES string of the molecule is Cc1nc(-c2nc(-c3ccccc3)no2)nn1Cc1cc[nH+]c(N2CC[NH+](C)CC2)c1.O=C([O-])C(F)(F)F.O=C([O-])C(F)(F)F. The average molecular weight is 645 g/mol. The van der Waals surface area contributed by atoms with Gasteiger partial charge < -0.3 is 29.2 Å². The predicted molar refractivity (Wildman–Crippen MR) is 137 cm³/mol. The number of aromatic nitrogens is 6. The van der Waals surface area contributed by atoms with Crippen LogP contribution >= 0.6 is 0 Å². The summed E-state index contributed by atoms with van der Waals surface area (Å²) in [4.78, 5) is 33.9. The van der Waals surface area contributed by atoms with Crippen LogP contribution < -0.4 is 25.0 Å². The van der Waals surface area contributed by atoms with Crippen LogP contribution in [0.3, 0.4) is 0 Å². The van der Waals surface area contributed by atoms with Gasteiger partial charge in [-0.25, -0.2) is 14.6 Å². The number of hydrogen-bond donors (Lipinski definition) is 1. The minimum absolute atomic E-state index is 0.322. The molecule has 3 aromatic heterocycles. The van der Waals surface area contributed by atoms with Gasteiger partial charge in [-0.3, -0.25) is 4.90 Å². The third-order valence-electron chi connectivity index (χ3n) is 6.11. The maximum Gasteiger partial charge on any atom is 0.430 e. The summed E-state index contributed by atoms with van der Waals surface area (Å²) in [5.41, 5.74) is 2.06. The molecule has 1 aliphatic heterocycles. The summed E-state index contributed by atoms with van der Waals surface area (Å²) in [6, 6.07) is 14.0. The molecule has 1 aromatic carbocycles. The Morgan fingerprint density at radius 2 is 1.53 bits per heavy atom. The maximum atomic E-state index is 10.5. The normalized spacial score (nSPS) is 13.7. The van der Waals surface area contributed by atoms with Crippen molar-refractivity contribution in [3.63, 3.8) is 0 Å². The van der Waals surface area contributed by atoms with E-state index in [1.165, 1.54) is 0 Å². The molecule has 2 N–H and O–H groups in total. The Bertz CT molecular complexity index is 1540. The fraction of sp³-hybridized carbons (Fsp3) is 0.346. The Balaban J connectivity index is 0.000000331. The monoisotopic (exact) mass is 644 g/mol. The van der Waals surface area contributed by atoms with Crippen molar-refractivity contribution >= 4 is 17.8 Å². The van der Waals surface area contributed by atoms with E-state index in [-0.39, 0.29) is 0 Å². The lowest BCUT2D eigenvalue weighted by Crippen LogP contribution is -3.12. The second-order valence-corrected chi connectivity index (χ2v) is 9.53. The van der Waals surface area contributed by atoms with E-state index in [0.717, 1.165) is 48.9 Å². The molecular weight excluding hydrogens is 618 g/mol. The Kier molecular flexibility index (Phi) is 11.2. The predicted octanol–water partition coefficient (Wildman–Crippen LogP) is -0.902. The Morgan fingerprint density at radius 1 is 0.956 bits per heavy atom. The highest BCUT2D eigenvalue weighted by atomic mass is 19.4. The highest BCUT2D eigenvalue weighted by Gasteiger charge is 2.29. The van der Waals surface area contributed by atoms with Crippen molar-refractivity contribution in [1.29, 1.82) is 0 Å².